The Hall–Kier alpha value is -2.53. The first-order chi connectivity index (χ1) is 17.3. The van der Waals surface area contributed by atoms with E-state index in [2.05, 4.69) is 31.9 Å². The molecule has 184 valence electrons. The SMILES string of the molecule is O=C1S/C(=C\c2cc(Br)c(OCc3ccc(F)cc3)c(Br)c2)C(=O)N1Cc1cc2c(cc1Cl)OCO2. The molecule has 3 aromatic rings. The number of fused-ring (bicyclic) bond motifs is 1. The van der Waals surface area contributed by atoms with Crippen molar-refractivity contribution in [3.8, 4) is 17.2 Å². The van der Waals surface area contributed by atoms with Gasteiger partial charge in [-0.2, -0.15) is 0 Å². The molecule has 0 saturated carbocycles. The molecule has 1 fully saturated rings. The highest BCUT2D eigenvalue weighted by Gasteiger charge is 2.36. The van der Waals surface area contributed by atoms with E-state index in [4.69, 9.17) is 25.8 Å². The van der Waals surface area contributed by atoms with Crippen molar-refractivity contribution in [2.45, 2.75) is 13.2 Å². The van der Waals surface area contributed by atoms with Gasteiger partial charge >= 0.3 is 0 Å². The van der Waals surface area contributed by atoms with Crippen LogP contribution in [-0.2, 0) is 17.9 Å². The van der Waals surface area contributed by atoms with Crippen LogP contribution in [0, 0.1) is 5.82 Å². The van der Waals surface area contributed by atoms with Gasteiger partial charge < -0.3 is 14.2 Å². The summed E-state index contributed by atoms with van der Waals surface area (Å²) >= 11 is 14.2. The second kappa shape index (κ2) is 10.5. The minimum atomic E-state index is -0.414. The van der Waals surface area contributed by atoms with E-state index >= 15 is 0 Å². The first kappa shape index (κ1) is 25.1. The standard InChI is InChI=1S/C25H15Br2ClFNO5S/c26-17-5-14(6-18(27)23(17)33-11-13-1-3-16(29)4-2-13)7-22-24(31)30(25(32)36-22)10-15-8-20-21(9-19(15)28)35-12-34-20/h1-9H,10-12H2/b22-7-. The summed E-state index contributed by atoms with van der Waals surface area (Å²) < 4.78 is 31.0. The summed E-state index contributed by atoms with van der Waals surface area (Å²) in [6, 6.07) is 12.9. The van der Waals surface area contributed by atoms with Gasteiger partial charge in [-0.05, 0) is 96.7 Å². The van der Waals surface area contributed by atoms with Crippen LogP contribution in [-0.4, -0.2) is 22.8 Å². The van der Waals surface area contributed by atoms with Gasteiger partial charge in [-0.25, -0.2) is 4.39 Å². The number of carbonyl (C=O) groups excluding carboxylic acids is 2. The number of carbonyl (C=O) groups is 2. The zero-order valence-electron chi connectivity index (χ0n) is 18.2. The van der Waals surface area contributed by atoms with Crippen LogP contribution in [0.4, 0.5) is 9.18 Å². The summed E-state index contributed by atoms with van der Waals surface area (Å²) in [7, 11) is 0. The Morgan fingerprint density at radius 3 is 2.42 bits per heavy atom. The Balaban J connectivity index is 1.32. The van der Waals surface area contributed by atoms with Crippen LogP contribution in [0.5, 0.6) is 17.2 Å². The Morgan fingerprint density at radius 2 is 1.72 bits per heavy atom. The molecule has 0 aromatic heterocycles. The average molecular weight is 656 g/mol. The van der Waals surface area contributed by atoms with Gasteiger partial charge in [0.2, 0.25) is 6.79 Å². The maximum absolute atomic E-state index is 13.1. The predicted molar refractivity (Wildman–Crippen MR) is 142 cm³/mol. The molecule has 2 amide bonds. The number of amides is 2. The molecule has 0 N–H and O–H groups in total. The highest BCUT2D eigenvalue weighted by molar-refractivity contribution is 9.11. The number of hydrogen-bond acceptors (Lipinski definition) is 6. The lowest BCUT2D eigenvalue weighted by atomic mass is 10.1. The number of hydrogen-bond donors (Lipinski definition) is 0. The lowest BCUT2D eigenvalue weighted by molar-refractivity contribution is -0.123. The molecule has 6 nitrogen and oxygen atoms in total. The van der Waals surface area contributed by atoms with E-state index in [9.17, 15) is 14.0 Å². The van der Waals surface area contributed by atoms with E-state index in [0.29, 0.717) is 42.3 Å². The smallest absolute Gasteiger partial charge is 0.293 e. The topological polar surface area (TPSA) is 65.1 Å². The summed E-state index contributed by atoms with van der Waals surface area (Å²) in [5.74, 6) is 0.880. The number of nitrogens with zero attached hydrogens (tertiary/aromatic N) is 1. The minimum Gasteiger partial charge on any atom is -0.487 e. The second-order valence-electron chi connectivity index (χ2n) is 7.79. The van der Waals surface area contributed by atoms with Crippen molar-refractivity contribution in [1.82, 2.24) is 4.90 Å². The molecule has 2 heterocycles. The van der Waals surface area contributed by atoms with Crippen LogP contribution >= 0.6 is 55.2 Å². The van der Waals surface area contributed by atoms with E-state index in [1.165, 1.54) is 12.1 Å². The van der Waals surface area contributed by atoms with Gasteiger partial charge in [0.05, 0.1) is 20.4 Å². The van der Waals surface area contributed by atoms with Crippen molar-refractivity contribution in [2.75, 3.05) is 6.79 Å². The molecule has 0 unspecified atom stereocenters. The molecular formula is C25H15Br2ClFNO5S. The van der Waals surface area contributed by atoms with Crippen LogP contribution in [0.2, 0.25) is 5.02 Å². The van der Waals surface area contributed by atoms with Crippen molar-refractivity contribution in [3.63, 3.8) is 0 Å². The van der Waals surface area contributed by atoms with Crippen LogP contribution < -0.4 is 14.2 Å². The lowest BCUT2D eigenvalue weighted by Crippen LogP contribution is -2.27. The van der Waals surface area contributed by atoms with Crippen LogP contribution in [0.25, 0.3) is 6.08 Å². The molecule has 0 aliphatic carbocycles. The van der Waals surface area contributed by atoms with Gasteiger partial charge in [0.15, 0.2) is 11.5 Å². The molecule has 0 atom stereocenters. The third-order valence-electron chi connectivity index (χ3n) is 5.36. The molecule has 1 saturated heterocycles. The number of imide groups is 1. The van der Waals surface area contributed by atoms with Gasteiger partial charge in [0, 0.05) is 11.1 Å². The molecule has 11 heteroatoms. The largest absolute Gasteiger partial charge is 0.487 e. The van der Waals surface area contributed by atoms with Crippen molar-refractivity contribution >= 4 is 72.4 Å². The maximum atomic E-state index is 13.1. The molecule has 0 radical (unpaired) electrons. The van der Waals surface area contributed by atoms with Crippen molar-refractivity contribution < 1.29 is 28.2 Å². The zero-order chi connectivity index (χ0) is 25.4. The van der Waals surface area contributed by atoms with E-state index in [1.807, 2.05) is 0 Å². The van der Waals surface area contributed by atoms with E-state index < -0.39 is 11.1 Å². The van der Waals surface area contributed by atoms with Gasteiger partial charge in [0.1, 0.15) is 18.2 Å². The second-order valence-corrected chi connectivity index (χ2v) is 10.9. The zero-order valence-corrected chi connectivity index (χ0v) is 23.0. The van der Waals surface area contributed by atoms with Gasteiger partial charge in [0.25, 0.3) is 11.1 Å². The summed E-state index contributed by atoms with van der Waals surface area (Å²) in [5.41, 5.74) is 2.09. The summed E-state index contributed by atoms with van der Waals surface area (Å²) in [6.07, 6.45) is 1.64. The lowest BCUT2D eigenvalue weighted by Gasteiger charge is -2.14. The molecule has 0 spiro atoms. The first-order valence-corrected chi connectivity index (χ1v) is 13.3. The highest BCUT2D eigenvalue weighted by atomic mass is 79.9. The first-order valence-electron chi connectivity index (χ1n) is 10.5. The molecule has 0 bridgehead atoms. The van der Waals surface area contributed by atoms with Crippen molar-refractivity contribution in [3.05, 3.63) is 89.9 Å². The Kier molecular flexibility index (Phi) is 7.30. The number of thioether (sulfide) groups is 1. The maximum Gasteiger partial charge on any atom is 0.293 e. The van der Waals surface area contributed by atoms with Crippen LogP contribution in [0.15, 0.2) is 62.4 Å². The average Bonchev–Trinajstić information content (AvgIpc) is 3.39. The fraction of sp³-hybridized carbons (Fsp3) is 0.120. The third kappa shape index (κ3) is 5.27. The molecule has 5 rings (SSSR count). The fourth-order valence-electron chi connectivity index (χ4n) is 3.58. The number of halogens is 4. The Morgan fingerprint density at radius 1 is 1.06 bits per heavy atom. The monoisotopic (exact) mass is 653 g/mol. The molecule has 2 aliphatic heterocycles. The van der Waals surface area contributed by atoms with Crippen molar-refractivity contribution in [1.29, 1.82) is 0 Å². The molecule has 36 heavy (non-hydrogen) atoms. The number of ether oxygens (including phenoxy) is 3. The van der Waals surface area contributed by atoms with Crippen LogP contribution in [0.3, 0.4) is 0 Å². The highest BCUT2D eigenvalue weighted by Crippen LogP contribution is 2.41. The van der Waals surface area contributed by atoms with Gasteiger partial charge in [-0.3, -0.25) is 14.5 Å². The summed E-state index contributed by atoms with van der Waals surface area (Å²) in [6.45, 7) is 0.361. The fourth-order valence-corrected chi connectivity index (χ4v) is 6.08. The molecule has 2 aliphatic rings. The van der Waals surface area contributed by atoms with Crippen molar-refractivity contribution in [2.24, 2.45) is 0 Å². The third-order valence-corrected chi connectivity index (χ3v) is 7.80. The number of benzene rings is 3. The summed E-state index contributed by atoms with van der Waals surface area (Å²) in [4.78, 5) is 27.1. The Bertz CT molecular complexity index is 1390. The van der Waals surface area contributed by atoms with E-state index in [0.717, 1.165) is 22.2 Å². The summed E-state index contributed by atoms with van der Waals surface area (Å²) in [5, 5.41) is -0.0104. The minimum absolute atomic E-state index is 0.0149. The molecular weight excluding hydrogens is 641 g/mol. The van der Waals surface area contributed by atoms with Gasteiger partial charge in [-0.15, -0.1) is 0 Å². The number of rotatable bonds is 6. The normalized spacial score (nSPS) is 15.8. The van der Waals surface area contributed by atoms with E-state index in [1.54, 1.807) is 42.5 Å². The predicted octanol–water partition coefficient (Wildman–Crippen LogP) is 7.55. The van der Waals surface area contributed by atoms with Crippen LogP contribution in [0.1, 0.15) is 16.7 Å². The Labute approximate surface area is 231 Å². The van der Waals surface area contributed by atoms with Gasteiger partial charge in [-0.1, -0.05) is 23.7 Å². The molecule has 3 aromatic carbocycles. The van der Waals surface area contributed by atoms with E-state index in [-0.39, 0.29) is 30.7 Å². The quantitative estimate of drug-likeness (QED) is 0.256.